The zero-order chi connectivity index (χ0) is 33.5. The first-order valence-corrected chi connectivity index (χ1v) is 17.0. The number of carboxylic acid groups (broad SMARTS) is 1. The third-order valence-corrected chi connectivity index (χ3v) is 9.70. The highest BCUT2D eigenvalue weighted by Gasteiger charge is 2.43. The summed E-state index contributed by atoms with van der Waals surface area (Å²) >= 11 is 0. The van der Waals surface area contributed by atoms with Gasteiger partial charge in [0.2, 0.25) is 5.91 Å². The maximum atomic E-state index is 12.2. The molecule has 10 heteroatoms. The van der Waals surface area contributed by atoms with Gasteiger partial charge in [-0.2, -0.15) is 0 Å². The highest BCUT2D eigenvalue weighted by molar-refractivity contribution is 5.76. The fourth-order valence-electron chi connectivity index (χ4n) is 6.86. The maximum absolute atomic E-state index is 12.2. The van der Waals surface area contributed by atoms with E-state index in [4.69, 9.17) is 24.1 Å². The van der Waals surface area contributed by atoms with Crippen LogP contribution < -0.4 is 5.32 Å². The molecule has 4 unspecified atom stereocenters. The lowest BCUT2D eigenvalue weighted by molar-refractivity contribution is -0.278. The van der Waals surface area contributed by atoms with Crippen LogP contribution in [0.5, 0.6) is 0 Å². The highest BCUT2D eigenvalue weighted by atomic mass is 16.7. The molecule has 3 saturated heterocycles. The number of nitrogens with zero attached hydrogens (tertiary/aromatic N) is 1. The average molecular weight is 659 g/mol. The largest absolute Gasteiger partial charge is 0.481 e. The molecule has 0 radical (unpaired) electrons. The van der Waals surface area contributed by atoms with E-state index < -0.39 is 18.0 Å². The van der Waals surface area contributed by atoms with Gasteiger partial charge in [0.15, 0.2) is 12.1 Å². The summed E-state index contributed by atoms with van der Waals surface area (Å²) < 4.78 is 25.4. The molecule has 10 nitrogen and oxygen atoms in total. The molecule has 0 aliphatic carbocycles. The summed E-state index contributed by atoms with van der Waals surface area (Å²) in [6.07, 6.45) is 1.29. The van der Waals surface area contributed by atoms with Crippen LogP contribution in [-0.4, -0.2) is 71.7 Å². The Morgan fingerprint density at radius 2 is 1.58 bits per heavy atom. The number of likely N-dealkylation sites (tertiary alicyclic amines) is 1. The maximum Gasteiger partial charge on any atom is 0.303 e. The second kappa shape index (κ2) is 15.7. The van der Waals surface area contributed by atoms with Gasteiger partial charge in [-0.25, -0.2) is 0 Å². The van der Waals surface area contributed by atoms with E-state index in [1.807, 2.05) is 54.6 Å². The molecule has 0 saturated carbocycles. The molecule has 3 aliphatic rings. The summed E-state index contributed by atoms with van der Waals surface area (Å²) in [5.41, 5.74) is 5.79. The number of aliphatic carboxylic acids is 1. The van der Waals surface area contributed by atoms with Crippen LogP contribution in [0, 0.1) is 5.92 Å². The normalized spacial score (nSPS) is 24.0. The third-order valence-electron chi connectivity index (χ3n) is 9.70. The Balaban J connectivity index is 1.17. The van der Waals surface area contributed by atoms with Crippen LogP contribution in [0.3, 0.4) is 0 Å². The van der Waals surface area contributed by atoms with Gasteiger partial charge in [0.25, 0.3) is 0 Å². The summed E-state index contributed by atoms with van der Waals surface area (Å²) in [6, 6.07) is 24.2. The lowest BCUT2D eigenvalue weighted by Gasteiger charge is -2.44. The Morgan fingerprint density at radius 1 is 0.875 bits per heavy atom. The van der Waals surface area contributed by atoms with E-state index in [-0.39, 0.29) is 43.5 Å². The molecule has 4 atom stereocenters. The van der Waals surface area contributed by atoms with E-state index in [0.717, 1.165) is 65.9 Å². The zero-order valence-electron chi connectivity index (χ0n) is 27.5. The van der Waals surface area contributed by atoms with Crippen LogP contribution in [0.15, 0.2) is 72.8 Å². The fourth-order valence-corrected chi connectivity index (χ4v) is 6.86. The molecule has 0 bridgehead atoms. The zero-order valence-corrected chi connectivity index (χ0v) is 27.5. The Morgan fingerprint density at radius 3 is 2.29 bits per heavy atom. The van der Waals surface area contributed by atoms with E-state index >= 15 is 0 Å². The molecule has 256 valence electrons. The minimum absolute atomic E-state index is 0.00719. The number of amides is 1. The third kappa shape index (κ3) is 8.49. The first kappa shape index (κ1) is 34.2. The quantitative estimate of drug-likeness (QED) is 0.236. The van der Waals surface area contributed by atoms with Gasteiger partial charge >= 0.3 is 5.97 Å². The van der Waals surface area contributed by atoms with Crippen LogP contribution in [0.2, 0.25) is 0 Å². The predicted octanol–water partition coefficient (Wildman–Crippen LogP) is 5.35. The Bertz CT molecular complexity index is 1530. The number of carboxylic acids is 1. The minimum Gasteiger partial charge on any atom is -0.481 e. The van der Waals surface area contributed by atoms with Crippen molar-refractivity contribution in [3.8, 4) is 11.1 Å². The number of aliphatic hydroxyl groups excluding tert-OH is 1. The van der Waals surface area contributed by atoms with E-state index in [9.17, 15) is 14.7 Å². The van der Waals surface area contributed by atoms with E-state index in [2.05, 4.69) is 35.3 Å². The van der Waals surface area contributed by atoms with Crippen molar-refractivity contribution in [2.75, 3.05) is 32.8 Å². The van der Waals surface area contributed by atoms with Crippen molar-refractivity contribution >= 4 is 11.9 Å². The summed E-state index contributed by atoms with van der Waals surface area (Å²) in [6.45, 7) is 6.39. The monoisotopic (exact) mass is 658 g/mol. The number of hydrogen-bond acceptors (Lipinski definition) is 8. The van der Waals surface area contributed by atoms with E-state index in [1.165, 1.54) is 0 Å². The molecule has 3 heterocycles. The number of aliphatic hydroxyl groups is 1. The average Bonchev–Trinajstić information content (AvgIpc) is 3.57. The SMILES string of the molecule is CC1C(CN2CCC3(CC2)OCCO3)OC(c2cccc(-c3cccc(CNC(=O)CCCC(=O)O)c3)c2)OC1c1ccc(CO)cc1. The van der Waals surface area contributed by atoms with Crippen molar-refractivity contribution in [2.24, 2.45) is 5.92 Å². The van der Waals surface area contributed by atoms with Crippen LogP contribution in [0.1, 0.15) is 73.7 Å². The lowest BCUT2D eigenvalue weighted by Crippen LogP contribution is -2.50. The number of ether oxygens (including phenoxy) is 4. The van der Waals surface area contributed by atoms with Gasteiger partial charge in [-0.05, 0) is 46.4 Å². The summed E-state index contributed by atoms with van der Waals surface area (Å²) in [4.78, 5) is 25.4. The van der Waals surface area contributed by atoms with Gasteiger partial charge in [0, 0.05) is 63.3 Å². The number of carbonyl (C=O) groups excluding carboxylic acids is 1. The summed E-state index contributed by atoms with van der Waals surface area (Å²) in [5.74, 6) is -1.41. The van der Waals surface area contributed by atoms with Crippen molar-refractivity contribution in [1.82, 2.24) is 10.2 Å². The summed E-state index contributed by atoms with van der Waals surface area (Å²) in [5, 5.41) is 21.3. The van der Waals surface area contributed by atoms with Crippen LogP contribution in [0.4, 0.5) is 0 Å². The van der Waals surface area contributed by atoms with Crippen LogP contribution in [0.25, 0.3) is 11.1 Å². The van der Waals surface area contributed by atoms with Gasteiger partial charge < -0.3 is 39.4 Å². The number of hydrogen-bond donors (Lipinski definition) is 3. The van der Waals surface area contributed by atoms with Crippen molar-refractivity contribution in [3.63, 3.8) is 0 Å². The number of nitrogens with one attached hydrogen (secondary N) is 1. The first-order chi connectivity index (χ1) is 23.3. The molecule has 0 aromatic heterocycles. The second-order valence-corrected chi connectivity index (χ2v) is 13.1. The molecule has 1 amide bonds. The minimum atomic E-state index is -0.899. The van der Waals surface area contributed by atoms with E-state index in [1.54, 1.807) is 0 Å². The lowest BCUT2D eigenvalue weighted by atomic mass is 9.89. The molecular weight excluding hydrogens is 612 g/mol. The molecule has 48 heavy (non-hydrogen) atoms. The molecule has 3 N–H and O–H groups in total. The standard InChI is InChI=1S/C38H46N2O8/c1-26-33(24-40-17-15-38(16-18-40)45-19-20-46-38)47-37(48-36(26)29-13-11-27(25-41)12-14-29)32-8-3-7-31(22-32)30-6-2-5-28(21-30)23-39-34(42)9-4-10-35(43)44/h2-3,5-8,11-14,21-22,26,33,36-37,41H,4,9-10,15-20,23-25H2,1H3,(H,39,42)(H,43,44). The number of piperidine rings is 1. The number of rotatable bonds is 12. The number of carbonyl (C=O) groups is 2. The van der Waals surface area contributed by atoms with Crippen molar-refractivity contribution in [2.45, 2.75) is 76.5 Å². The Labute approximate surface area is 282 Å². The predicted molar refractivity (Wildman–Crippen MR) is 178 cm³/mol. The summed E-state index contributed by atoms with van der Waals surface area (Å²) in [7, 11) is 0. The molecule has 3 aromatic carbocycles. The van der Waals surface area contributed by atoms with Crippen molar-refractivity contribution in [1.29, 1.82) is 0 Å². The fraction of sp³-hybridized carbons (Fsp3) is 0.474. The smallest absolute Gasteiger partial charge is 0.303 e. The molecular formula is C38H46N2O8. The van der Waals surface area contributed by atoms with Gasteiger partial charge in [-0.15, -0.1) is 0 Å². The Kier molecular flexibility index (Phi) is 11.2. The number of benzene rings is 3. The second-order valence-electron chi connectivity index (χ2n) is 13.1. The molecule has 3 aromatic rings. The topological polar surface area (TPSA) is 127 Å². The van der Waals surface area contributed by atoms with Gasteiger partial charge in [0.05, 0.1) is 32.0 Å². The molecule has 1 spiro atoms. The molecule has 3 fully saturated rings. The van der Waals surface area contributed by atoms with Gasteiger partial charge in [-0.1, -0.05) is 67.6 Å². The first-order valence-electron chi connectivity index (χ1n) is 17.0. The van der Waals surface area contributed by atoms with Crippen molar-refractivity contribution in [3.05, 3.63) is 95.1 Å². The van der Waals surface area contributed by atoms with Crippen LogP contribution >= 0.6 is 0 Å². The van der Waals surface area contributed by atoms with E-state index in [0.29, 0.717) is 26.2 Å². The molecule has 3 aliphatic heterocycles. The Hall–Kier alpha value is -3.64. The van der Waals surface area contributed by atoms with Gasteiger partial charge in [-0.3, -0.25) is 9.59 Å². The molecule has 6 rings (SSSR count). The van der Waals surface area contributed by atoms with Crippen molar-refractivity contribution < 1.29 is 38.7 Å². The van der Waals surface area contributed by atoms with Gasteiger partial charge in [0.1, 0.15) is 0 Å². The highest BCUT2D eigenvalue weighted by Crippen LogP contribution is 2.43. The van der Waals surface area contributed by atoms with Crippen LogP contribution in [-0.2, 0) is 41.7 Å².